The van der Waals surface area contributed by atoms with Crippen molar-refractivity contribution in [2.75, 3.05) is 13.1 Å². The summed E-state index contributed by atoms with van der Waals surface area (Å²) in [5, 5.41) is 7.91. The molecule has 2 heterocycles. The topological polar surface area (TPSA) is 15.3 Å². The van der Waals surface area contributed by atoms with Gasteiger partial charge in [-0.15, -0.1) is 12.4 Å². The van der Waals surface area contributed by atoms with Crippen LogP contribution in [0.15, 0.2) is 16.8 Å². The average molecular weight is 247 g/mol. The van der Waals surface area contributed by atoms with Crippen molar-refractivity contribution in [3.63, 3.8) is 0 Å². The third-order valence-electron chi connectivity index (χ3n) is 2.86. The largest absolute Gasteiger partial charge is 0.311 e. The van der Waals surface area contributed by atoms with Crippen molar-refractivity contribution in [3.8, 4) is 0 Å². The molecule has 1 aliphatic rings. The number of nitrogens with one attached hydrogen (secondary N) is 1. The van der Waals surface area contributed by atoms with Crippen LogP contribution in [0.2, 0.25) is 0 Å². The summed E-state index contributed by atoms with van der Waals surface area (Å²) in [6.45, 7) is 7.94. The Morgan fingerprint density at radius 2 is 2.33 bits per heavy atom. The smallest absolute Gasteiger partial charge is 0.0246 e. The van der Waals surface area contributed by atoms with E-state index < -0.39 is 0 Å². The van der Waals surface area contributed by atoms with Gasteiger partial charge in [-0.3, -0.25) is 4.90 Å². The quantitative estimate of drug-likeness (QED) is 0.862. The fraction of sp³-hybridized carbons (Fsp3) is 0.636. The fourth-order valence-corrected chi connectivity index (χ4v) is 2.59. The van der Waals surface area contributed by atoms with Gasteiger partial charge in [0.25, 0.3) is 0 Å². The molecule has 1 aliphatic heterocycles. The molecule has 0 radical (unpaired) electrons. The van der Waals surface area contributed by atoms with Crippen LogP contribution in [0.1, 0.15) is 19.4 Å². The summed E-state index contributed by atoms with van der Waals surface area (Å²) in [6, 6.07) is 3.51. The minimum absolute atomic E-state index is 0. The molecular formula is C11H19ClN2S. The standard InChI is InChI=1S/C11H18N2S.ClH/c1-9-6-13(10(2)5-12-9)7-11-3-4-14-8-11;/h3-4,8-10,12H,5-7H2,1-2H3;1H. The number of hydrogen-bond donors (Lipinski definition) is 1. The Hall–Kier alpha value is -0.0900. The fourth-order valence-electron chi connectivity index (χ4n) is 1.93. The first kappa shape index (κ1) is 13.0. The highest BCUT2D eigenvalue weighted by molar-refractivity contribution is 7.07. The zero-order chi connectivity index (χ0) is 9.97. The van der Waals surface area contributed by atoms with Gasteiger partial charge in [0.05, 0.1) is 0 Å². The van der Waals surface area contributed by atoms with Gasteiger partial charge in [0.15, 0.2) is 0 Å². The highest BCUT2D eigenvalue weighted by atomic mass is 35.5. The lowest BCUT2D eigenvalue weighted by atomic mass is 10.1. The molecule has 0 aromatic carbocycles. The van der Waals surface area contributed by atoms with Crippen molar-refractivity contribution in [2.24, 2.45) is 0 Å². The molecule has 1 aromatic heterocycles. The predicted molar refractivity (Wildman–Crippen MR) is 68.9 cm³/mol. The Labute approximate surface area is 102 Å². The Morgan fingerprint density at radius 3 is 3.00 bits per heavy atom. The Kier molecular flexibility index (Phi) is 5.06. The van der Waals surface area contributed by atoms with Crippen molar-refractivity contribution < 1.29 is 0 Å². The van der Waals surface area contributed by atoms with E-state index >= 15 is 0 Å². The van der Waals surface area contributed by atoms with E-state index in [1.807, 2.05) is 0 Å². The van der Waals surface area contributed by atoms with Crippen LogP contribution in [0.25, 0.3) is 0 Å². The maximum Gasteiger partial charge on any atom is 0.0246 e. The van der Waals surface area contributed by atoms with Gasteiger partial charge in [-0.1, -0.05) is 0 Å². The van der Waals surface area contributed by atoms with E-state index in [2.05, 4.69) is 40.9 Å². The first-order valence-electron chi connectivity index (χ1n) is 5.24. The van der Waals surface area contributed by atoms with Gasteiger partial charge < -0.3 is 5.32 Å². The van der Waals surface area contributed by atoms with E-state index in [-0.39, 0.29) is 12.4 Å². The Morgan fingerprint density at radius 1 is 1.53 bits per heavy atom. The molecular weight excluding hydrogens is 228 g/mol. The van der Waals surface area contributed by atoms with Crippen LogP contribution in [0.4, 0.5) is 0 Å². The van der Waals surface area contributed by atoms with Crippen LogP contribution >= 0.6 is 23.7 Å². The molecule has 2 rings (SSSR count). The lowest BCUT2D eigenvalue weighted by molar-refractivity contribution is 0.139. The third-order valence-corrected chi connectivity index (χ3v) is 3.59. The van der Waals surface area contributed by atoms with Crippen LogP contribution < -0.4 is 5.32 Å². The lowest BCUT2D eigenvalue weighted by Crippen LogP contribution is -2.53. The van der Waals surface area contributed by atoms with E-state index in [4.69, 9.17) is 0 Å². The lowest BCUT2D eigenvalue weighted by Gasteiger charge is -2.37. The molecule has 2 atom stereocenters. The Balaban J connectivity index is 0.00000112. The minimum atomic E-state index is 0. The van der Waals surface area contributed by atoms with Crippen LogP contribution in [-0.4, -0.2) is 30.1 Å². The van der Waals surface area contributed by atoms with Gasteiger partial charge in [-0.05, 0) is 36.2 Å². The number of nitrogens with zero attached hydrogens (tertiary/aromatic N) is 1. The maximum absolute atomic E-state index is 3.50. The molecule has 1 aromatic rings. The number of hydrogen-bond acceptors (Lipinski definition) is 3. The third kappa shape index (κ3) is 3.45. The molecule has 4 heteroatoms. The van der Waals surface area contributed by atoms with E-state index in [1.165, 1.54) is 5.56 Å². The molecule has 1 N–H and O–H groups in total. The molecule has 1 saturated heterocycles. The van der Waals surface area contributed by atoms with Gasteiger partial charge in [0.2, 0.25) is 0 Å². The van der Waals surface area contributed by atoms with Crippen LogP contribution in [0.5, 0.6) is 0 Å². The molecule has 0 spiro atoms. The van der Waals surface area contributed by atoms with Crippen LogP contribution in [0, 0.1) is 0 Å². The maximum atomic E-state index is 3.50. The van der Waals surface area contributed by atoms with Gasteiger partial charge in [0, 0.05) is 31.7 Å². The number of rotatable bonds is 2. The summed E-state index contributed by atoms with van der Waals surface area (Å²) in [4.78, 5) is 2.56. The van der Waals surface area contributed by atoms with Gasteiger partial charge in [-0.25, -0.2) is 0 Å². The van der Waals surface area contributed by atoms with Crippen molar-refractivity contribution in [2.45, 2.75) is 32.5 Å². The van der Waals surface area contributed by atoms with E-state index in [0.717, 1.165) is 19.6 Å². The minimum Gasteiger partial charge on any atom is -0.311 e. The Bertz CT molecular complexity index is 276. The van der Waals surface area contributed by atoms with Gasteiger partial charge >= 0.3 is 0 Å². The first-order valence-corrected chi connectivity index (χ1v) is 6.18. The zero-order valence-corrected chi connectivity index (χ0v) is 10.9. The molecule has 0 aliphatic carbocycles. The first-order chi connectivity index (χ1) is 6.75. The summed E-state index contributed by atoms with van der Waals surface area (Å²) in [5.41, 5.74) is 1.45. The predicted octanol–water partition coefficient (Wildman–Crippen LogP) is 2.35. The second-order valence-electron chi connectivity index (χ2n) is 4.22. The highest BCUT2D eigenvalue weighted by Gasteiger charge is 2.21. The number of halogens is 1. The van der Waals surface area contributed by atoms with Crippen molar-refractivity contribution in [1.29, 1.82) is 0 Å². The second kappa shape index (κ2) is 5.85. The molecule has 0 bridgehead atoms. The summed E-state index contributed by atoms with van der Waals surface area (Å²) in [5.74, 6) is 0. The van der Waals surface area contributed by atoms with E-state index in [1.54, 1.807) is 11.3 Å². The number of piperazine rings is 1. The van der Waals surface area contributed by atoms with Crippen molar-refractivity contribution in [1.82, 2.24) is 10.2 Å². The van der Waals surface area contributed by atoms with Crippen LogP contribution in [-0.2, 0) is 6.54 Å². The highest BCUT2D eigenvalue weighted by Crippen LogP contribution is 2.14. The summed E-state index contributed by atoms with van der Waals surface area (Å²) in [7, 11) is 0. The molecule has 86 valence electrons. The molecule has 0 amide bonds. The van der Waals surface area contributed by atoms with Crippen molar-refractivity contribution in [3.05, 3.63) is 22.4 Å². The summed E-state index contributed by atoms with van der Waals surface area (Å²) >= 11 is 1.79. The van der Waals surface area contributed by atoms with Gasteiger partial charge in [0.1, 0.15) is 0 Å². The molecule has 1 fully saturated rings. The molecule has 2 nitrogen and oxygen atoms in total. The summed E-state index contributed by atoms with van der Waals surface area (Å²) < 4.78 is 0. The average Bonchev–Trinajstić information content (AvgIpc) is 2.64. The van der Waals surface area contributed by atoms with E-state index in [0.29, 0.717) is 12.1 Å². The van der Waals surface area contributed by atoms with Gasteiger partial charge in [-0.2, -0.15) is 11.3 Å². The molecule has 15 heavy (non-hydrogen) atoms. The van der Waals surface area contributed by atoms with Crippen molar-refractivity contribution >= 4 is 23.7 Å². The second-order valence-corrected chi connectivity index (χ2v) is 5.00. The zero-order valence-electron chi connectivity index (χ0n) is 9.27. The number of thiophene rings is 1. The van der Waals surface area contributed by atoms with E-state index in [9.17, 15) is 0 Å². The molecule has 0 saturated carbocycles. The normalized spacial score (nSPS) is 27.3. The SMILES string of the molecule is CC1CN(Cc2ccsc2)C(C)CN1.Cl. The van der Waals surface area contributed by atoms with Crippen LogP contribution in [0.3, 0.4) is 0 Å². The monoisotopic (exact) mass is 246 g/mol. The molecule has 2 unspecified atom stereocenters. The summed E-state index contributed by atoms with van der Waals surface area (Å²) in [6.07, 6.45) is 0.